The molecule has 1 amide bonds. The quantitative estimate of drug-likeness (QED) is 0.790. The Labute approximate surface area is 101 Å². The minimum absolute atomic E-state index is 0.128. The molecule has 0 aromatic carbocycles. The number of hydrogen-bond acceptors (Lipinski definition) is 4. The van der Waals surface area contributed by atoms with Crippen molar-refractivity contribution in [1.29, 1.82) is 0 Å². The van der Waals surface area contributed by atoms with Gasteiger partial charge in [0.1, 0.15) is 0 Å². The van der Waals surface area contributed by atoms with Crippen LogP contribution in [0.3, 0.4) is 0 Å². The number of carbonyl (C=O) groups is 1. The molecule has 2 rings (SSSR count). The molecule has 0 atom stereocenters. The van der Waals surface area contributed by atoms with E-state index in [1.54, 1.807) is 4.90 Å². The summed E-state index contributed by atoms with van der Waals surface area (Å²) in [5, 5.41) is 7.71. The highest BCUT2D eigenvalue weighted by Crippen LogP contribution is 2.19. The molecule has 0 spiro atoms. The number of likely N-dealkylation sites (tertiary alicyclic amines) is 1. The minimum Gasteiger partial charge on any atom is -0.417 e. The van der Waals surface area contributed by atoms with E-state index in [9.17, 15) is 4.79 Å². The van der Waals surface area contributed by atoms with E-state index in [0.717, 1.165) is 25.9 Å². The van der Waals surface area contributed by atoms with Gasteiger partial charge >= 0.3 is 11.8 Å². The van der Waals surface area contributed by atoms with Crippen molar-refractivity contribution in [2.24, 2.45) is 5.92 Å². The van der Waals surface area contributed by atoms with E-state index in [4.69, 9.17) is 4.42 Å². The van der Waals surface area contributed by atoms with E-state index in [-0.39, 0.29) is 17.7 Å². The first-order valence-corrected chi connectivity index (χ1v) is 6.20. The maximum absolute atomic E-state index is 12.1. The Hall–Kier alpha value is -1.39. The van der Waals surface area contributed by atoms with Crippen LogP contribution in [0.5, 0.6) is 0 Å². The number of amides is 1. The maximum atomic E-state index is 12.1. The normalized spacial score (nSPS) is 17.8. The van der Waals surface area contributed by atoms with Crippen LogP contribution in [0.2, 0.25) is 0 Å². The zero-order chi connectivity index (χ0) is 12.4. The van der Waals surface area contributed by atoms with Crippen LogP contribution in [0.25, 0.3) is 0 Å². The summed E-state index contributed by atoms with van der Waals surface area (Å²) in [7, 11) is 0. The minimum atomic E-state index is -0.128. The molecule has 0 radical (unpaired) electrons. The van der Waals surface area contributed by atoms with Crippen LogP contribution in [-0.2, 0) is 0 Å². The van der Waals surface area contributed by atoms with Crippen LogP contribution in [-0.4, -0.2) is 34.1 Å². The first-order chi connectivity index (χ1) is 8.08. The van der Waals surface area contributed by atoms with Crippen molar-refractivity contribution in [2.75, 3.05) is 13.1 Å². The molecule has 5 nitrogen and oxygen atoms in total. The fourth-order valence-electron chi connectivity index (χ4n) is 1.90. The Balaban J connectivity index is 2.03. The van der Waals surface area contributed by atoms with Gasteiger partial charge in [-0.25, -0.2) is 0 Å². The van der Waals surface area contributed by atoms with Gasteiger partial charge in [0.2, 0.25) is 5.89 Å². The van der Waals surface area contributed by atoms with Gasteiger partial charge in [-0.2, -0.15) is 0 Å². The lowest BCUT2D eigenvalue weighted by atomic mass is 9.99. The van der Waals surface area contributed by atoms with E-state index in [1.807, 2.05) is 13.8 Å². The molecule has 1 aromatic heterocycles. The Morgan fingerprint density at radius 1 is 1.35 bits per heavy atom. The second-order valence-corrected chi connectivity index (χ2v) is 5.07. The van der Waals surface area contributed by atoms with Gasteiger partial charge in [0.05, 0.1) is 0 Å². The van der Waals surface area contributed by atoms with Crippen LogP contribution in [0.15, 0.2) is 4.42 Å². The topological polar surface area (TPSA) is 59.2 Å². The van der Waals surface area contributed by atoms with Crippen LogP contribution in [0.4, 0.5) is 0 Å². The highest BCUT2D eigenvalue weighted by atomic mass is 16.4. The number of rotatable bonds is 2. The summed E-state index contributed by atoms with van der Waals surface area (Å²) in [6.45, 7) is 7.72. The van der Waals surface area contributed by atoms with Gasteiger partial charge in [-0.3, -0.25) is 4.79 Å². The lowest BCUT2D eigenvalue weighted by molar-refractivity contribution is 0.0654. The molecule has 1 aliphatic rings. The van der Waals surface area contributed by atoms with E-state index < -0.39 is 0 Å². The van der Waals surface area contributed by atoms with Crippen molar-refractivity contribution >= 4 is 5.91 Å². The zero-order valence-electron chi connectivity index (χ0n) is 10.6. The zero-order valence-corrected chi connectivity index (χ0v) is 10.6. The first kappa shape index (κ1) is 12.1. The second kappa shape index (κ2) is 4.85. The summed E-state index contributed by atoms with van der Waals surface area (Å²) in [5.41, 5.74) is 0. The van der Waals surface area contributed by atoms with Gasteiger partial charge in [-0.1, -0.05) is 20.8 Å². The fourth-order valence-corrected chi connectivity index (χ4v) is 1.90. The van der Waals surface area contributed by atoms with E-state index >= 15 is 0 Å². The number of nitrogens with zero attached hydrogens (tertiary/aromatic N) is 3. The van der Waals surface area contributed by atoms with E-state index in [2.05, 4.69) is 17.1 Å². The van der Waals surface area contributed by atoms with Crippen molar-refractivity contribution in [3.8, 4) is 0 Å². The van der Waals surface area contributed by atoms with Crippen LogP contribution in [0.1, 0.15) is 56.1 Å². The smallest absolute Gasteiger partial charge is 0.311 e. The predicted molar refractivity (Wildman–Crippen MR) is 62.7 cm³/mol. The van der Waals surface area contributed by atoms with Gasteiger partial charge in [-0.15, -0.1) is 10.2 Å². The highest BCUT2D eigenvalue weighted by molar-refractivity contribution is 5.89. The lowest BCUT2D eigenvalue weighted by Gasteiger charge is -2.29. The summed E-state index contributed by atoms with van der Waals surface area (Å²) in [5.74, 6) is 1.39. The fraction of sp³-hybridized carbons (Fsp3) is 0.750. The lowest BCUT2D eigenvalue weighted by Crippen LogP contribution is -2.38. The predicted octanol–water partition coefficient (Wildman–Crippen LogP) is 2.07. The molecule has 17 heavy (non-hydrogen) atoms. The van der Waals surface area contributed by atoms with Crippen molar-refractivity contribution in [1.82, 2.24) is 15.1 Å². The average Bonchev–Trinajstić information content (AvgIpc) is 2.78. The van der Waals surface area contributed by atoms with Crippen molar-refractivity contribution in [3.63, 3.8) is 0 Å². The average molecular weight is 237 g/mol. The molecule has 5 heteroatoms. The summed E-state index contributed by atoms with van der Waals surface area (Å²) in [6, 6.07) is 0. The molecule has 1 aromatic rings. The number of piperidine rings is 1. The number of carbonyl (C=O) groups excluding carboxylic acids is 1. The van der Waals surface area contributed by atoms with Gasteiger partial charge < -0.3 is 9.32 Å². The third kappa shape index (κ3) is 2.65. The number of hydrogen-bond donors (Lipinski definition) is 0. The Morgan fingerprint density at radius 2 is 2.00 bits per heavy atom. The molecular weight excluding hydrogens is 218 g/mol. The SMILES string of the molecule is CC1CCN(C(=O)c2nnc(C(C)C)o2)CC1. The van der Waals surface area contributed by atoms with E-state index in [0.29, 0.717) is 11.8 Å². The van der Waals surface area contributed by atoms with Crippen molar-refractivity contribution < 1.29 is 9.21 Å². The van der Waals surface area contributed by atoms with Gasteiger partial charge in [0.15, 0.2) is 0 Å². The molecule has 0 N–H and O–H groups in total. The molecule has 2 heterocycles. The van der Waals surface area contributed by atoms with Crippen molar-refractivity contribution in [2.45, 2.75) is 39.5 Å². The summed E-state index contributed by atoms with van der Waals surface area (Å²) >= 11 is 0. The Morgan fingerprint density at radius 3 is 2.53 bits per heavy atom. The van der Waals surface area contributed by atoms with Crippen molar-refractivity contribution in [3.05, 3.63) is 11.8 Å². The Kier molecular flexibility index (Phi) is 3.45. The molecule has 0 saturated carbocycles. The molecule has 0 aliphatic carbocycles. The van der Waals surface area contributed by atoms with Crippen LogP contribution in [0, 0.1) is 5.92 Å². The Bertz CT molecular complexity index is 392. The van der Waals surface area contributed by atoms with Gasteiger partial charge in [0, 0.05) is 19.0 Å². The molecule has 94 valence electrons. The standard InChI is InChI=1S/C12H19N3O2/c1-8(2)10-13-14-11(17-10)12(16)15-6-4-9(3)5-7-15/h8-9H,4-7H2,1-3H3. The second-order valence-electron chi connectivity index (χ2n) is 5.07. The maximum Gasteiger partial charge on any atom is 0.311 e. The largest absolute Gasteiger partial charge is 0.417 e. The molecule has 1 fully saturated rings. The number of aromatic nitrogens is 2. The van der Waals surface area contributed by atoms with Gasteiger partial charge in [-0.05, 0) is 18.8 Å². The van der Waals surface area contributed by atoms with Gasteiger partial charge in [0.25, 0.3) is 0 Å². The van der Waals surface area contributed by atoms with Crippen LogP contribution >= 0.6 is 0 Å². The molecule has 0 bridgehead atoms. The third-order valence-electron chi connectivity index (χ3n) is 3.19. The van der Waals surface area contributed by atoms with E-state index in [1.165, 1.54) is 0 Å². The van der Waals surface area contributed by atoms with Crippen LogP contribution < -0.4 is 0 Å². The summed E-state index contributed by atoms with van der Waals surface area (Å²) in [4.78, 5) is 13.9. The first-order valence-electron chi connectivity index (χ1n) is 6.20. The highest BCUT2D eigenvalue weighted by Gasteiger charge is 2.25. The summed E-state index contributed by atoms with van der Waals surface area (Å²) in [6.07, 6.45) is 2.10. The molecule has 1 saturated heterocycles. The molecular formula is C12H19N3O2. The monoisotopic (exact) mass is 237 g/mol. The third-order valence-corrected chi connectivity index (χ3v) is 3.19. The summed E-state index contributed by atoms with van der Waals surface area (Å²) < 4.78 is 5.37. The molecule has 1 aliphatic heterocycles. The molecule has 0 unspecified atom stereocenters.